The average molecular weight is 314 g/mol. The minimum Gasteiger partial charge on any atom is -0.489 e. The van der Waals surface area contributed by atoms with Crippen LogP contribution in [-0.2, 0) is 6.61 Å². The van der Waals surface area contributed by atoms with Gasteiger partial charge in [-0.15, -0.1) is 0 Å². The van der Waals surface area contributed by atoms with Gasteiger partial charge >= 0.3 is 0 Å². The molecule has 0 aliphatic rings. The third kappa shape index (κ3) is 2.76. The lowest BCUT2D eigenvalue weighted by Gasteiger charge is -2.08. The summed E-state index contributed by atoms with van der Waals surface area (Å²) >= 11 is 0. The van der Waals surface area contributed by atoms with Gasteiger partial charge in [0.25, 0.3) is 0 Å². The average Bonchev–Trinajstić information content (AvgIpc) is 2.97. The molecular weight excluding hydrogens is 296 g/mol. The standard InChI is InChI=1S/C21H18N2O/c1-16-21(23-14-6-5-9-20(23)22-16)18-10-12-19(13-11-18)24-15-17-7-3-2-4-8-17/h2-14H,15H2,1H3. The second kappa shape index (κ2) is 6.20. The van der Waals surface area contributed by atoms with Crippen LogP contribution in [0, 0.1) is 6.92 Å². The van der Waals surface area contributed by atoms with Crippen molar-refractivity contribution in [2.24, 2.45) is 0 Å². The molecule has 0 aliphatic carbocycles. The Bertz CT molecular complexity index is 956. The molecular formula is C21H18N2O. The Labute approximate surface area is 141 Å². The monoisotopic (exact) mass is 314 g/mol. The Morgan fingerprint density at radius 2 is 1.62 bits per heavy atom. The first-order chi connectivity index (χ1) is 11.8. The van der Waals surface area contributed by atoms with Crippen LogP contribution < -0.4 is 4.74 Å². The molecule has 2 heterocycles. The lowest BCUT2D eigenvalue weighted by atomic mass is 10.1. The van der Waals surface area contributed by atoms with Gasteiger partial charge in [0.1, 0.15) is 18.0 Å². The largest absolute Gasteiger partial charge is 0.489 e. The number of benzene rings is 2. The number of aromatic nitrogens is 2. The van der Waals surface area contributed by atoms with E-state index in [2.05, 4.69) is 33.7 Å². The van der Waals surface area contributed by atoms with E-state index in [0.29, 0.717) is 6.61 Å². The van der Waals surface area contributed by atoms with Crippen molar-refractivity contribution < 1.29 is 4.74 Å². The fraction of sp³-hybridized carbons (Fsp3) is 0.0952. The van der Waals surface area contributed by atoms with Crippen molar-refractivity contribution in [3.05, 3.63) is 90.3 Å². The molecule has 0 aliphatic heterocycles. The summed E-state index contributed by atoms with van der Waals surface area (Å²) in [5, 5.41) is 0. The van der Waals surface area contributed by atoms with Crippen molar-refractivity contribution in [3.63, 3.8) is 0 Å². The van der Waals surface area contributed by atoms with Crippen molar-refractivity contribution in [1.29, 1.82) is 0 Å². The first-order valence-electron chi connectivity index (χ1n) is 8.02. The van der Waals surface area contributed by atoms with Gasteiger partial charge in [-0.25, -0.2) is 4.98 Å². The minimum absolute atomic E-state index is 0.578. The molecule has 3 nitrogen and oxygen atoms in total. The molecule has 0 saturated carbocycles. The van der Waals surface area contributed by atoms with E-state index in [1.165, 1.54) is 5.56 Å². The molecule has 4 rings (SSSR count). The van der Waals surface area contributed by atoms with E-state index in [1.807, 2.05) is 61.7 Å². The molecule has 0 N–H and O–H groups in total. The number of nitrogens with zero attached hydrogens (tertiary/aromatic N) is 2. The van der Waals surface area contributed by atoms with Gasteiger partial charge in [-0.05, 0) is 48.9 Å². The maximum atomic E-state index is 5.86. The zero-order chi connectivity index (χ0) is 16.4. The molecule has 2 aromatic carbocycles. The Balaban J connectivity index is 1.58. The molecule has 0 amide bonds. The van der Waals surface area contributed by atoms with E-state index < -0.39 is 0 Å². The summed E-state index contributed by atoms with van der Waals surface area (Å²) in [4.78, 5) is 4.62. The molecule has 0 fully saturated rings. The highest BCUT2D eigenvalue weighted by Crippen LogP contribution is 2.26. The summed E-state index contributed by atoms with van der Waals surface area (Å²) in [7, 11) is 0. The molecule has 0 unspecified atom stereocenters. The highest BCUT2D eigenvalue weighted by molar-refractivity contribution is 5.67. The van der Waals surface area contributed by atoms with Crippen LogP contribution in [0.5, 0.6) is 5.75 Å². The number of pyridine rings is 1. The molecule has 3 heteroatoms. The van der Waals surface area contributed by atoms with E-state index >= 15 is 0 Å². The highest BCUT2D eigenvalue weighted by atomic mass is 16.5. The van der Waals surface area contributed by atoms with Crippen LogP contribution in [0.2, 0.25) is 0 Å². The molecule has 0 bridgehead atoms. The Morgan fingerprint density at radius 3 is 2.42 bits per heavy atom. The maximum absolute atomic E-state index is 5.86. The topological polar surface area (TPSA) is 26.5 Å². The number of aryl methyl sites for hydroxylation is 1. The molecule has 0 saturated heterocycles. The third-order valence-electron chi connectivity index (χ3n) is 4.08. The van der Waals surface area contributed by atoms with Gasteiger partial charge in [-0.3, -0.25) is 4.40 Å². The fourth-order valence-corrected chi connectivity index (χ4v) is 2.91. The van der Waals surface area contributed by atoms with Crippen molar-refractivity contribution in [2.45, 2.75) is 13.5 Å². The summed E-state index contributed by atoms with van der Waals surface area (Å²) in [6.07, 6.45) is 2.05. The summed E-state index contributed by atoms with van der Waals surface area (Å²) in [6.45, 7) is 2.62. The number of hydrogen-bond acceptors (Lipinski definition) is 2. The van der Waals surface area contributed by atoms with E-state index in [1.54, 1.807) is 0 Å². The van der Waals surface area contributed by atoms with Crippen molar-refractivity contribution in [1.82, 2.24) is 9.38 Å². The van der Waals surface area contributed by atoms with Crippen LogP contribution in [0.3, 0.4) is 0 Å². The minimum atomic E-state index is 0.578. The first-order valence-corrected chi connectivity index (χ1v) is 8.02. The van der Waals surface area contributed by atoms with E-state index in [4.69, 9.17) is 4.74 Å². The third-order valence-corrected chi connectivity index (χ3v) is 4.08. The van der Waals surface area contributed by atoms with E-state index in [0.717, 1.165) is 28.3 Å². The van der Waals surface area contributed by atoms with Crippen LogP contribution in [0.4, 0.5) is 0 Å². The van der Waals surface area contributed by atoms with Crippen LogP contribution in [0.25, 0.3) is 16.9 Å². The van der Waals surface area contributed by atoms with Crippen molar-refractivity contribution >= 4 is 5.65 Å². The SMILES string of the molecule is Cc1nc2ccccn2c1-c1ccc(OCc2ccccc2)cc1. The number of imidazole rings is 1. The molecule has 4 aromatic rings. The van der Waals surface area contributed by atoms with Crippen LogP contribution >= 0.6 is 0 Å². The molecule has 2 aromatic heterocycles. The lowest BCUT2D eigenvalue weighted by Crippen LogP contribution is -1.95. The lowest BCUT2D eigenvalue weighted by molar-refractivity contribution is 0.306. The molecule has 0 radical (unpaired) electrons. The van der Waals surface area contributed by atoms with E-state index in [-0.39, 0.29) is 0 Å². The van der Waals surface area contributed by atoms with Gasteiger partial charge in [0.05, 0.1) is 11.4 Å². The Kier molecular flexibility index (Phi) is 3.75. The van der Waals surface area contributed by atoms with Gasteiger partial charge in [-0.1, -0.05) is 36.4 Å². The van der Waals surface area contributed by atoms with Gasteiger partial charge in [0.15, 0.2) is 0 Å². The van der Waals surface area contributed by atoms with Gasteiger partial charge in [0.2, 0.25) is 0 Å². The molecule has 24 heavy (non-hydrogen) atoms. The summed E-state index contributed by atoms with van der Waals surface area (Å²) in [5.74, 6) is 0.870. The number of hydrogen-bond donors (Lipinski definition) is 0. The zero-order valence-corrected chi connectivity index (χ0v) is 13.5. The smallest absolute Gasteiger partial charge is 0.137 e. The van der Waals surface area contributed by atoms with Gasteiger partial charge in [-0.2, -0.15) is 0 Å². The van der Waals surface area contributed by atoms with Crippen LogP contribution in [0.15, 0.2) is 79.0 Å². The van der Waals surface area contributed by atoms with Gasteiger partial charge in [0, 0.05) is 11.8 Å². The highest BCUT2D eigenvalue weighted by Gasteiger charge is 2.10. The van der Waals surface area contributed by atoms with E-state index in [9.17, 15) is 0 Å². The van der Waals surface area contributed by atoms with Crippen LogP contribution in [-0.4, -0.2) is 9.38 Å². The second-order valence-corrected chi connectivity index (χ2v) is 5.77. The van der Waals surface area contributed by atoms with Gasteiger partial charge < -0.3 is 4.74 Å². The predicted molar refractivity (Wildman–Crippen MR) is 96.1 cm³/mol. The Morgan fingerprint density at radius 1 is 0.875 bits per heavy atom. The summed E-state index contributed by atoms with van der Waals surface area (Å²) in [5.41, 5.74) is 5.42. The molecule has 118 valence electrons. The van der Waals surface area contributed by atoms with Crippen LogP contribution in [0.1, 0.15) is 11.3 Å². The normalized spacial score (nSPS) is 10.9. The number of rotatable bonds is 4. The predicted octanol–water partition coefficient (Wildman–Crippen LogP) is 4.89. The summed E-state index contributed by atoms with van der Waals surface area (Å²) in [6, 6.07) is 24.4. The zero-order valence-electron chi connectivity index (χ0n) is 13.5. The molecule has 0 spiro atoms. The number of fused-ring (bicyclic) bond motifs is 1. The second-order valence-electron chi connectivity index (χ2n) is 5.77. The van der Waals surface area contributed by atoms with Crippen molar-refractivity contribution in [3.8, 4) is 17.0 Å². The fourth-order valence-electron chi connectivity index (χ4n) is 2.91. The maximum Gasteiger partial charge on any atom is 0.137 e. The molecule has 0 atom stereocenters. The van der Waals surface area contributed by atoms with Crippen molar-refractivity contribution in [2.75, 3.05) is 0 Å². The quantitative estimate of drug-likeness (QED) is 0.536. The first kappa shape index (κ1) is 14.5. The Hall–Kier alpha value is -3.07. The number of ether oxygens (including phenoxy) is 1. The summed E-state index contributed by atoms with van der Waals surface area (Å²) < 4.78 is 7.98.